The number of anilines is 1. The Hall–Kier alpha value is -3.10. The molecule has 1 amide bonds. The maximum absolute atomic E-state index is 12.5. The second-order valence-corrected chi connectivity index (χ2v) is 21.1. The molecule has 1 spiro atoms. The average molecular weight is 643 g/mol. The molecular formula is C38H54N4O3Si. The molecule has 7 nitrogen and oxygen atoms in total. The minimum Gasteiger partial charge on any atom is -0.444 e. The number of hydrogen-bond donors (Lipinski definition) is 0. The monoisotopic (exact) mass is 642 g/mol. The van der Waals surface area contributed by atoms with Crippen molar-refractivity contribution in [2.75, 3.05) is 31.1 Å². The first-order valence-electron chi connectivity index (χ1n) is 17.1. The molecule has 6 rings (SSSR count). The molecule has 1 atom stereocenters. The molecule has 0 N–H and O–H groups in total. The van der Waals surface area contributed by atoms with Gasteiger partial charge >= 0.3 is 6.09 Å². The maximum Gasteiger partial charge on any atom is 0.410 e. The molecule has 3 heterocycles. The first kappa shape index (κ1) is 32.8. The van der Waals surface area contributed by atoms with Crippen LogP contribution in [0.1, 0.15) is 86.4 Å². The summed E-state index contributed by atoms with van der Waals surface area (Å²) >= 11 is 0. The van der Waals surface area contributed by atoms with Crippen molar-refractivity contribution in [1.29, 1.82) is 0 Å². The average Bonchev–Trinajstić information content (AvgIpc) is 3.44. The number of likely N-dealkylation sites (tertiary alicyclic amines) is 1. The fourth-order valence-corrected chi connectivity index (χ4v) is 13.0. The van der Waals surface area contributed by atoms with Crippen LogP contribution in [0, 0.1) is 18.3 Å². The highest BCUT2D eigenvalue weighted by Crippen LogP contribution is 2.54. The van der Waals surface area contributed by atoms with Gasteiger partial charge in [0.2, 0.25) is 0 Å². The van der Waals surface area contributed by atoms with Crippen LogP contribution in [0.3, 0.4) is 0 Å². The van der Waals surface area contributed by atoms with E-state index in [0.717, 1.165) is 51.3 Å². The van der Waals surface area contributed by atoms with Gasteiger partial charge in [-0.1, -0.05) is 81.4 Å². The zero-order chi connectivity index (χ0) is 33.1. The van der Waals surface area contributed by atoms with E-state index in [-0.39, 0.29) is 22.1 Å². The van der Waals surface area contributed by atoms with Gasteiger partial charge in [-0.25, -0.2) is 4.79 Å². The first-order valence-corrected chi connectivity index (χ1v) is 19.0. The zero-order valence-electron chi connectivity index (χ0n) is 29.5. The van der Waals surface area contributed by atoms with E-state index in [1.807, 2.05) is 25.7 Å². The van der Waals surface area contributed by atoms with Gasteiger partial charge in [-0.05, 0) is 76.2 Å². The lowest BCUT2D eigenvalue weighted by atomic mass is 9.61. The Morgan fingerprint density at radius 1 is 0.935 bits per heavy atom. The first-order chi connectivity index (χ1) is 21.5. The summed E-state index contributed by atoms with van der Waals surface area (Å²) in [6.45, 7) is 23.0. The third-order valence-electron chi connectivity index (χ3n) is 10.9. The molecule has 2 aliphatic heterocycles. The van der Waals surface area contributed by atoms with Gasteiger partial charge in [-0.15, -0.1) is 0 Å². The number of rotatable bonds is 7. The lowest BCUT2D eigenvalue weighted by molar-refractivity contribution is -0.0930. The fourth-order valence-electron chi connectivity index (χ4n) is 8.39. The molecule has 1 aromatic heterocycles. The highest BCUT2D eigenvalue weighted by molar-refractivity contribution is 6.99. The normalized spacial score (nSPS) is 21.3. The Balaban J connectivity index is 1.15. The Bertz CT molecular complexity index is 1490. The molecule has 46 heavy (non-hydrogen) atoms. The number of amides is 1. The van der Waals surface area contributed by atoms with Crippen LogP contribution in [0.5, 0.6) is 0 Å². The zero-order valence-corrected chi connectivity index (χ0v) is 30.5. The smallest absolute Gasteiger partial charge is 0.410 e. The number of hydrogen-bond acceptors (Lipinski definition) is 5. The Labute approximate surface area is 277 Å². The Kier molecular flexibility index (Phi) is 8.24. The molecule has 8 heteroatoms. The predicted octanol–water partition coefficient (Wildman–Crippen LogP) is 6.95. The topological polar surface area (TPSA) is 59.8 Å². The number of benzene rings is 2. The van der Waals surface area contributed by atoms with E-state index in [9.17, 15) is 4.79 Å². The molecule has 1 aliphatic carbocycles. The molecule has 248 valence electrons. The summed E-state index contributed by atoms with van der Waals surface area (Å²) in [4.78, 5) is 16.8. The van der Waals surface area contributed by atoms with Crippen molar-refractivity contribution in [3.05, 3.63) is 72.4 Å². The lowest BCUT2D eigenvalue weighted by Gasteiger charge is -2.58. The number of carbonyl (C=O) groups excluding carboxylic acids is 1. The molecule has 2 aromatic carbocycles. The molecule has 0 bridgehead atoms. The molecule has 1 saturated carbocycles. The minimum absolute atomic E-state index is 0.0431. The molecule has 3 aromatic rings. The van der Waals surface area contributed by atoms with Gasteiger partial charge in [0.15, 0.2) is 5.82 Å². The van der Waals surface area contributed by atoms with Gasteiger partial charge in [0.25, 0.3) is 8.32 Å². The maximum atomic E-state index is 12.5. The van der Waals surface area contributed by atoms with Crippen LogP contribution in [0.2, 0.25) is 5.04 Å². The number of carbonyl (C=O) groups is 1. The second kappa shape index (κ2) is 11.5. The van der Waals surface area contributed by atoms with Crippen LogP contribution < -0.4 is 15.3 Å². The van der Waals surface area contributed by atoms with Crippen LogP contribution in [-0.4, -0.2) is 66.5 Å². The SMILES string of the molecule is Cc1cc(N2CCC(CO[Si](c3ccccc3)(c3ccccc3)C(C)(C)C)C2(C)C)nn1C1CC2(C1)CN(C(=O)OC(C)(C)C)C2. The predicted molar refractivity (Wildman–Crippen MR) is 189 cm³/mol. The van der Waals surface area contributed by atoms with Gasteiger partial charge in [0.05, 0.1) is 6.04 Å². The quantitative estimate of drug-likeness (QED) is 0.261. The van der Waals surface area contributed by atoms with E-state index >= 15 is 0 Å². The molecular weight excluding hydrogens is 589 g/mol. The standard InChI is InChI=1S/C38H54N4O3Si/c1-28-22-33(39-42(28)30-23-38(24-30)26-40(27-38)34(43)45-35(2,3)4)41-21-20-29(37(41,8)9)25-44-46(36(5,6)7,31-16-12-10-13-17-31)32-18-14-11-15-19-32/h10-19,22,29-30H,20-21,23-27H2,1-9H3. The van der Waals surface area contributed by atoms with Gasteiger partial charge in [-0.3, -0.25) is 4.68 Å². The van der Waals surface area contributed by atoms with Crippen molar-refractivity contribution in [3.63, 3.8) is 0 Å². The van der Waals surface area contributed by atoms with Crippen LogP contribution in [0.15, 0.2) is 66.7 Å². The molecule has 0 radical (unpaired) electrons. The fraction of sp³-hybridized carbons (Fsp3) is 0.579. The van der Waals surface area contributed by atoms with Crippen LogP contribution in [0.4, 0.5) is 10.6 Å². The van der Waals surface area contributed by atoms with Crippen molar-refractivity contribution < 1.29 is 14.0 Å². The van der Waals surface area contributed by atoms with Crippen molar-refractivity contribution in [2.45, 2.75) is 104 Å². The summed E-state index contributed by atoms with van der Waals surface area (Å²) in [7, 11) is -2.60. The van der Waals surface area contributed by atoms with Gasteiger partial charge in [0.1, 0.15) is 5.60 Å². The highest BCUT2D eigenvalue weighted by Gasteiger charge is 2.56. The van der Waals surface area contributed by atoms with Crippen molar-refractivity contribution in [1.82, 2.24) is 14.7 Å². The van der Waals surface area contributed by atoms with Crippen LogP contribution >= 0.6 is 0 Å². The van der Waals surface area contributed by atoms with Crippen molar-refractivity contribution in [3.8, 4) is 0 Å². The van der Waals surface area contributed by atoms with Crippen molar-refractivity contribution in [2.24, 2.45) is 11.3 Å². The molecule has 3 aliphatic rings. The summed E-state index contributed by atoms with van der Waals surface area (Å²) < 4.78 is 15.2. The summed E-state index contributed by atoms with van der Waals surface area (Å²) in [5.74, 6) is 1.45. The third-order valence-corrected chi connectivity index (χ3v) is 15.9. The van der Waals surface area contributed by atoms with Crippen molar-refractivity contribution >= 4 is 30.6 Å². The minimum atomic E-state index is -2.60. The summed E-state index contributed by atoms with van der Waals surface area (Å²) in [6.07, 6.45) is 3.01. The van der Waals surface area contributed by atoms with Crippen LogP contribution in [-0.2, 0) is 9.16 Å². The Morgan fingerprint density at radius 2 is 1.50 bits per heavy atom. The van der Waals surface area contributed by atoms with Gasteiger partial charge in [-0.2, -0.15) is 5.10 Å². The van der Waals surface area contributed by atoms with Gasteiger partial charge in [0, 0.05) is 54.9 Å². The number of aromatic nitrogens is 2. The van der Waals surface area contributed by atoms with E-state index in [1.165, 1.54) is 16.1 Å². The van der Waals surface area contributed by atoms with E-state index in [1.54, 1.807) is 0 Å². The van der Waals surface area contributed by atoms with E-state index in [0.29, 0.717) is 12.0 Å². The molecule has 1 unspecified atom stereocenters. The second-order valence-electron chi connectivity index (χ2n) is 16.8. The largest absolute Gasteiger partial charge is 0.444 e. The lowest BCUT2D eigenvalue weighted by Crippen LogP contribution is -2.67. The van der Waals surface area contributed by atoms with E-state index in [2.05, 4.69) is 118 Å². The summed E-state index contributed by atoms with van der Waals surface area (Å²) in [5.41, 5.74) is 0.873. The highest BCUT2D eigenvalue weighted by atomic mass is 28.4. The van der Waals surface area contributed by atoms with E-state index < -0.39 is 13.9 Å². The number of nitrogens with zero attached hydrogens (tertiary/aromatic N) is 4. The summed E-state index contributed by atoms with van der Waals surface area (Å²) in [5, 5.41) is 7.83. The number of ether oxygens (including phenoxy) is 1. The molecule has 2 saturated heterocycles. The number of aryl methyl sites for hydroxylation is 1. The summed E-state index contributed by atoms with van der Waals surface area (Å²) in [6, 6.07) is 24.6. The Morgan fingerprint density at radius 3 is 2.02 bits per heavy atom. The van der Waals surface area contributed by atoms with Gasteiger partial charge < -0.3 is 19.0 Å². The molecule has 3 fully saturated rings. The third kappa shape index (κ3) is 5.80. The van der Waals surface area contributed by atoms with Crippen LogP contribution in [0.25, 0.3) is 0 Å². The van der Waals surface area contributed by atoms with E-state index in [4.69, 9.17) is 14.3 Å².